The summed E-state index contributed by atoms with van der Waals surface area (Å²) in [5, 5.41) is 0.0526. The molecule has 2 rings (SSSR count). The molecule has 0 heterocycles. The quantitative estimate of drug-likeness (QED) is 0.725. The van der Waals surface area contributed by atoms with Crippen molar-refractivity contribution in [3.63, 3.8) is 0 Å². The van der Waals surface area contributed by atoms with Gasteiger partial charge in [-0.05, 0) is 48.4 Å². The van der Waals surface area contributed by atoms with E-state index in [9.17, 15) is 13.2 Å². The molecule has 0 aliphatic carbocycles. The molecule has 0 saturated carbocycles. The maximum Gasteiger partial charge on any atom is 0.252 e. The first-order chi connectivity index (χ1) is 10.1. The van der Waals surface area contributed by atoms with E-state index in [0.29, 0.717) is 26.7 Å². The molecule has 116 valence electrons. The average molecular weight is 378 g/mol. The van der Waals surface area contributed by atoms with Crippen molar-refractivity contribution < 1.29 is 13.2 Å². The van der Waals surface area contributed by atoms with Crippen LogP contribution in [0.5, 0.6) is 0 Å². The molecule has 0 amide bonds. The molecular weight excluding hydrogens is 367 g/mol. The number of carbonyl (C=O) groups is 1. The number of rotatable bonds is 3. The van der Waals surface area contributed by atoms with E-state index < -0.39 is 15.1 Å². The molecule has 2 aromatic carbocycles. The Hall–Kier alpha value is -1.07. The van der Waals surface area contributed by atoms with Gasteiger partial charge in [-0.3, -0.25) is 4.79 Å². The fourth-order valence-electron chi connectivity index (χ4n) is 2.12. The smallest absolute Gasteiger partial charge is 0.252 e. The van der Waals surface area contributed by atoms with Crippen molar-refractivity contribution in [1.82, 2.24) is 0 Å². The van der Waals surface area contributed by atoms with Crippen molar-refractivity contribution in [2.45, 2.75) is 11.8 Å². The SMILES string of the molecule is Cc1cc(-c2ccc(Cl)cc2Cl)c(S(C)(=O)=O)cc1C(=O)Cl. The molecule has 0 N–H and O–H groups in total. The molecule has 0 atom stereocenters. The van der Waals surface area contributed by atoms with Gasteiger partial charge in [0.15, 0.2) is 9.84 Å². The Morgan fingerprint density at radius 3 is 2.18 bits per heavy atom. The average Bonchev–Trinajstić information content (AvgIpc) is 2.36. The highest BCUT2D eigenvalue weighted by atomic mass is 35.5. The second kappa shape index (κ2) is 6.20. The van der Waals surface area contributed by atoms with E-state index in [1.807, 2.05) is 0 Å². The van der Waals surface area contributed by atoms with Crippen LogP contribution in [0.15, 0.2) is 35.2 Å². The topological polar surface area (TPSA) is 51.2 Å². The molecule has 0 saturated heterocycles. The minimum atomic E-state index is -3.58. The third kappa shape index (κ3) is 3.46. The van der Waals surface area contributed by atoms with E-state index in [1.165, 1.54) is 12.1 Å². The number of hydrogen-bond donors (Lipinski definition) is 0. The van der Waals surface area contributed by atoms with Gasteiger partial charge < -0.3 is 0 Å². The highest BCUT2D eigenvalue weighted by Gasteiger charge is 2.20. The molecule has 2 aromatic rings. The molecule has 0 aliphatic rings. The number of carbonyl (C=O) groups excluding carboxylic acids is 1. The summed E-state index contributed by atoms with van der Waals surface area (Å²) in [6.45, 7) is 1.68. The summed E-state index contributed by atoms with van der Waals surface area (Å²) in [4.78, 5) is 11.4. The third-order valence-corrected chi connectivity index (χ3v) is 5.05. The van der Waals surface area contributed by atoms with E-state index in [0.717, 1.165) is 6.26 Å². The summed E-state index contributed by atoms with van der Waals surface area (Å²) in [6.07, 6.45) is 1.06. The lowest BCUT2D eigenvalue weighted by Gasteiger charge is -2.13. The van der Waals surface area contributed by atoms with Crippen molar-refractivity contribution in [3.8, 4) is 11.1 Å². The zero-order valence-corrected chi connectivity index (χ0v) is 14.7. The second-order valence-corrected chi connectivity index (χ2v) is 8.00. The molecule has 0 fully saturated rings. The monoisotopic (exact) mass is 376 g/mol. The minimum Gasteiger partial charge on any atom is -0.276 e. The van der Waals surface area contributed by atoms with Crippen molar-refractivity contribution in [3.05, 3.63) is 51.5 Å². The fourth-order valence-corrected chi connectivity index (χ4v) is 3.74. The molecule has 22 heavy (non-hydrogen) atoms. The summed E-state index contributed by atoms with van der Waals surface area (Å²) in [5.41, 5.74) is 1.64. The Bertz CT molecular complexity index is 874. The Morgan fingerprint density at radius 1 is 1.05 bits per heavy atom. The number of aryl methyl sites for hydroxylation is 1. The van der Waals surface area contributed by atoms with Crippen LogP contribution < -0.4 is 0 Å². The van der Waals surface area contributed by atoms with Gasteiger partial charge in [0.2, 0.25) is 0 Å². The first kappa shape index (κ1) is 17.3. The van der Waals surface area contributed by atoms with Crippen molar-refractivity contribution in [1.29, 1.82) is 0 Å². The van der Waals surface area contributed by atoms with Crippen LogP contribution in [0.25, 0.3) is 11.1 Å². The summed E-state index contributed by atoms with van der Waals surface area (Å²) < 4.78 is 24.1. The van der Waals surface area contributed by atoms with Gasteiger partial charge in [0.1, 0.15) is 0 Å². The number of halogens is 3. The normalized spacial score (nSPS) is 11.5. The van der Waals surface area contributed by atoms with Crippen LogP contribution in [-0.4, -0.2) is 19.9 Å². The summed E-state index contributed by atoms with van der Waals surface area (Å²) >= 11 is 17.5. The van der Waals surface area contributed by atoms with E-state index in [1.54, 1.807) is 25.1 Å². The maximum absolute atomic E-state index is 12.1. The van der Waals surface area contributed by atoms with Gasteiger partial charge in [0, 0.05) is 33.0 Å². The highest BCUT2D eigenvalue weighted by Crippen LogP contribution is 2.36. The van der Waals surface area contributed by atoms with Gasteiger partial charge in [-0.2, -0.15) is 0 Å². The first-order valence-corrected chi connectivity index (χ1v) is 9.13. The van der Waals surface area contributed by atoms with Crippen LogP contribution in [0.2, 0.25) is 10.0 Å². The van der Waals surface area contributed by atoms with Gasteiger partial charge in [-0.15, -0.1) is 0 Å². The molecular formula is C15H11Cl3O3S. The Labute approximate surface area is 143 Å². The lowest BCUT2D eigenvalue weighted by molar-refractivity contribution is 0.108. The zero-order valence-electron chi connectivity index (χ0n) is 11.7. The highest BCUT2D eigenvalue weighted by molar-refractivity contribution is 7.90. The van der Waals surface area contributed by atoms with Gasteiger partial charge in [-0.1, -0.05) is 29.3 Å². The van der Waals surface area contributed by atoms with Crippen LogP contribution in [-0.2, 0) is 9.84 Å². The predicted octanol–water partition coefficient (Wildman–Crippen LogP) is 4.75. The molecule has 0 unspecified atom stereocenters. The Morgan fingerprint density at radius 2 is 1.68 bits per heavy atom. The van der Waals surface area contributed by atoms with Gasteiger partial charge in [0.25, 0.3) is 5.24 Å². The Kier molecular flexibility index (Phi) is 4.87. The Balaban J connectivity index is 2.86. The number of benzene rings is 2. The van der Waals surface area contributed by atoms with Gasteiger partial charge >= 0.3 is 0 Å². The van der Waals surface area contributed by atoms with Crippen LogP contribution in [0, 0.1) is 6.92 Å². The number of sulfone groups is 1. The van der Waals surface area contributed by atoms with Crippen LogP contribution in [0.3, 0.4) is 0 Å². The molecule has 0 spiro atoms. The van der Waals surface area contributed by atoms with Crippen LogP contribution in [0.1, 0.15) is 15.9 Å². The standard InChI is InChI=1S/C15H11Cl3O3S/c1-8-5-12(10-4-3-9(16)6-13(10)17)14(22(2,20)21)7-11(8)15(18)19/h3-7H,1-2H3. The lowest BCUT2D eigenvalue weighted by atomic mass is 10.00. The van der Waals surface area contributed by atoms with E-state index in [2.05, 4.69) is 0 Å². The number of hydrogen-bond acceptors (Lipinski definition) is 3. The fraction of sp³-hybridized carbons (Fsp3) is 0.133. The van der Waals surface area contributed by atoms with Crippen molar-refractivity contribution in [2.24, 2.45) is 0 Å². The molecule has 0 aliphatic heterocycles. The maximum atomic E-state index is 12.1. The molecule has 3 nitrogen and oxygen atoms in total. The summed E-state index contributed by atoms with van der Waals surface area (Å²) in [6, 6.07) is 7.64. The molecule has 0 aromatic heterocycles. The second-order valence-electron chi connectivity index (χ2n) is 4.83. The van der Waals surface area contributed by atoms with Gasteiger partial charge in [0.05, 0.1) is 4.90 Å². The van der Waals surface area contributed by atoms with E-state index in [-0.39, 0.29) is 10.5 Å². The minimum absolute atomic E-state index is 0.00803. The first-order valence-electron chi connectivity index (χ1n) is 6.11. The van der Waals surface area contributed by atoms with E-state index in [4.69, 9.17) is 34.8 Å². The van der Waals surface area contributed by atoms with Crippen molar-refractivity contribution in [2.75, 3.05) is 6.26 Å². The van der Waals surface area contributed by atoms with E-state index >= 15 is 0 Å². The molecule has 7 heteroatoms. The summed E-state index contributed by atoms with van der Waals surface area (Å²) in [7, 11) is -3.58. The van der Waals surface area contributed by atoms with Crippen LogP contribution in [0.4, 0.5) is 0 Å². The summed E-state index contributed by atoms with van der Waals surface area (Å²) in [5.74, 6) is 0. The van der Waals surface area contributed by atoms with Crippen molar-refractivity contribution >= 4 is 49.9 Å². The van der Waals surface area contributed by atoms with Gasteiger partial charge in [-0.25, -0.2) is 8.42 Å². The zero-order chi connectivity index (χ0) is 16.7. The third-order valence-electron chi connectivity index (χ3n) is 3.16. The molecule has 0 bridgehead atoms. The lowest BCUT2D eigenvalue weighted by Crippen LogP contribution is -2.05. The predicted molar refractivity (Wildman–Crippen MR) is 89.9 cm³/mol. The van der Waals surface area contributed by atoms with Crippen LogP contribution >= 0.6 is 34.8 Å². The largest absolute Gasteiger partial charge is 0.276 e. The molecule has 0 radical (unpaired) electrons.